The molecule has 3 rings (SSSR count). The molecule has 0 fully saturated rings. The highest BCUT2D eigenvalue weighted by Gasteiger charge is 2.24. The largest absolute Gasteiger partial charge is 0.506 e. The van der Waals surface area contributed by atoms with Crippen molar-refractivity contribution in [2.24, 2.45) is 10.2 Å². The van der Waals surface area contributed by atoms with Crippen molar-refractivity contribution in [3.63, 3.8) is 0 Å². The number of rotatable bonds is 4. The lowest BCUT2D eigenvalue weighted by atomic mass is 10.1. The predicted octanol–water partition coefficient (Wildman–Crippen LogP) is 2.74. The summed E-state index contributed by atoms with van der Waals surface area (Å²) in [7, 11) is -9.63. The van der Waals surface area contributed by atoms with Gasteiger partial charge in [0, 0.05) is 11.1 Å². The van der Waals surface area contributed by atoms with Crippen molar-refractivity contribution >= 4 is 48.1 Å². The monoisotopic (exact) mass is 439 g/mol. The quantitative estimate of drug-likeness (QED) is 0.230. The molecule has 3 aromatic carbocycles. The molecule has 0 aromatic heterocycles. The number of hydrogen-bond acceptors (Lipinski definition) is 9. The van der Waals surface area contributed by atoms with Crippen LogP contribution < -0.4 is 5.73 Å². The van der Waals surface area contributed by atoms with Crippen LogP contribution in [0, 0.1) is 0 Å². The topological polar surface area (TPSA) is 200 Å². The minimum absolute atomic E-state index is 0.0528. The number of anilines is 1. The van der Waals surface area contributed by atoms with Crippen LogP contribution in [0.5, 0.6) is 11.5 Å². The molecule has 11 nitrogen and oxygen atoms in total. The van der Waals surface area contributed by atoms with E-state index in [0.29, 0.717) is 0 Å². The Balaban J connectivity index is 2.36. The average Bonchev–Trinajstić information content (AvgIpc) is 2.60. The maximum Gasteiger partial charge on any atom is 0.296 e. The van der Waals surface area contributed by atoms with Crippen molar-refractivity contribution in [2.75, 3.05) is 5.73 Å². The second kappa shape index (κ2) is 6.97. The van der Waals surface area contributed by atoms with Crippen molar-refractivity contribution in [1.29, 1.82) is 0 Å². The number of azo groups is 1. The van der Waals surface area contributed by atoms with E-state index in [1.54, 1.807) is 0 Å². The summed E-state index contributed by atoms with van der Waals surface area (Å²) in [4.78, 5) is -1.54. The Morgan fingerprint density at radius 2 is 1.52 bits per heavy atom. The first-order chi connectivity index (χ1) is 13.4. The van der Waals surface area contributed by atoms with E-state index in [0.717, 1.165) is 18.2 Å². The van der Waals surface area contributed by atoms with Gasteiger partial charge in [-0.25, -0.2) is 0 Å². The molecule has 0 saturated heterocycles. The van der Waals surface area contributed by atoms with Crippen LogP contribution in [0.1, 0.15) is 0 Å². The molecule has 0 saturated carbocycles. The van der Waals surface area contributed by atoms with Gasteiger partial charge in [0.1, 0.15) is 22.0 Å². The lowest BCUT2D eigenvalue weighted by Crippen LogP contribution is -2.02. The van der Waals surface area contributed by atoms with E-state index in [1.807, 2.05) is 0 Å². The third kappa shape index (κ3) is 3.97. The Morgan fingerprint density at radius 3 is 2.10 bits per heavy atom. The van der Waals surface area contributed by atoms with Crippen molar-refractivity contribution in [3.8, 4) is 11.5 Å². The first-order valence-electron chi connectivity index (χ1n) is 7.63. The van der Waals surface area contributed by atoms with Crippen LogP contribution in [0.25, 0.3) is 10.8 Å². The van der Waals surface area contributed by atoms with E-state index in [2.05, 4.69) is 10.2 Å². The van der Waals surface area contributed by atoms with Gasteiger partial charge in [-0.3, -0.25) is 9.11 Å². The highest BCUT2D eigenvalue weighted by molar-refractivity contribution is 7.86. The minimum Gasteiger partial charge on any atom is -0.506 e. The average molecular weight is 439 g/mol. The Morgan fingerprint density at radius 1 is 0.862 bits per heavy atom. The molecule has 0 heterocycles. The van der Waals surface area contributed by atoms with E-state index in [9.17, 15) is 36.2 Å². The van der Waals surface area contributed by atoms with Gasteiger partial charge in [-0.1, -0.05) is 12.1 Å². The zero-order chi connectivity index (χ0) is 21.6. The second-order valence-electron chi connectivity index (χ2n) is 5.82. The molecule has 13 heteroatoms. The van der Waals surface area contributed by atoms with E-state index < -0.39 is 41.5 Å². The molecule has 152 valence electrons. The van der Waals surface area contributed by atoms with Gasteiger partial charge < -0.3 is 15.9 Å². The van der Waals surface area contributed by atoms with Crippen molar-refractivity contribution < 1.29 is 36.2 Å². The Bertz CT molecular complexity index is 1380. The smallest absolute Gasteiger partial charge is 0.296 e. The summed E-state index contributed by atoms with van der Waals surface area (Å²) in [6.07, 6.45) is 0. The number of nitrogens with two attached hydrogens (primary N) is 1. The van der Waals surface area contributed by atoms with E-state index in [-0.39, 0.29) is 27.9 Å². The number of nitrogen functional groups attached to an aromatic ring is 1. The summed E-state index contributed by atoms with van der Waals surface area (Å²) >= 11 is 0. The molecular formula is C16H13N3O8S2. The third-order valence-electron chi connectivity index (χ3n) is 3.87. The molecule has 6 N–H and O–H groups in total. The number of para-hydroxylation sites is 1. The zero-order valence-corrected chi connectivity index (χ0v) is 15.9. The number of phenolic OH excluding ortho intramolecular Hbond substituents is 2. The van der Waals surface area contributed by atoms with Crippen LogP contribution in [0.2, 0.25) is 0 Å². The molecule has 3 aromatic rings. The number of nitrogens with zero attached hydrogens (tertiary/aromatic N) is 2. The van der Waals surface area contributed by atoms with Gasteiger partial charge in [0.2, 0.25) is 0 Å². The van der Waals surface area contributed by atoms with Crippen LogP contribution >= 0.6 is 0 Å². The zero-order valence-electron chi connectivity index (χ0n) is 14.3. The first-order valence-corrected chi connectivity index (χ1v) is 10.5. The van der Waals surface area contributed by atoms with Crippen molar-refractivity contribution in [2.45, 2.75) is 9.79 Å². The van der Waals surface area contributed by atoms with Gasteiger partial charge in [0.25, 0.3) is 20.2 Å². The lowest BCUT2D eigenvalue weighted by Gasteiger charge is -2.12. The highest BCUT2D eigenvalue weighted by atomic mass is 32.2. The van der Waals surface area contributed by atoms with Gasteiger partial charge in [-0.05, 0) is 35.7 Å². The number of aromatic hydroxyl groups is 2. The maximum absolute atomic E-state index is 11.8. The number of benzene rings is 3. The second-order valence-corrected chi connectivity index (χ2v) is 8.63. The summed E-state index contributed by atoms with van der Waals surface area (Å²) in [6.45, 7) is 0. The number of fused-ring (bicyclic) bond motifs is 1. The summed E-state index contributed by atoms with van der Waals surface area (Å²) in [5.74, 6) is -1.09. The fourth-order valence-corrected chi connectivity index (χ4v) is 3.80. The van der Waals surface area contributed by atoms with E-state index >= 15 is 0 Å². The first kappa shape index (κ1) is 20.5. The van der Waals surface area contributed by atoms with Crippen molar-refractivity contribution in [1.82, 2.24) is 0 Å². The van der Waals surface area contributed by atoms with Gasteiger partial charge in [0.15, 0.2) is 5.75 Å². The summed E-state index contributed by atoms with van der Waals surface area (Å²) in [6, 6.07) is 8.22. The predicted molar refractivity (Wildman–Crippen MR) is 102 cm³/mol. The minimum atomic E-state index is -4.95. The molecule has 0 aliphatic heterocycles. The molecule has 0 amide bonds. The van der Waals surface area contributed by atoms with Crippen LogP contribution in [-0.4, -0.2) is 36.2 Å². The summed E-state index contributed by atoms with van der Waals surface area (Å²) < 4.78 is 65.0. The molecular weight excluding hydrogens is 426 g/mol. The highest BCUT2D eigenvalue weighted by Crippen LogP contribution is 2.44. The fourth-order valence-electron chi connectivity index (χ4n) is 2.59. The van der Waals surface area contributed by atoms with Gasteiger partial charge in [-0.15, -0.1) is 10.2 Å². The molecule has 0 aliphatic carbocycles. The van der Waals surface area contributed by atoms with Gasteiger partial charge in [0.05, 0.1) is 4.90 Å². The Hall–Kier alpha value is -3.26. The SMILES string of the molecule is Nc1cc(S(=O)(=O)O)cc2cc(S(=O)(=O)O)c(/N=N/c3ccccc3O)c(O)c12. The Labute approximate surface area is 164 Å². The Kier molecular flexibility index (Phi) is 4.92. The van der Waals surface area contributed by atoms with Crippen LogP contribution in [-0.2, 0) is 20.2 Å². The number of phenols is 2. The van der Waals surface area contributed by atoms with E-state index in [1.165, 1.54) is 24.3 Å². The molecule has 29 heavy (non-hydrogen) atoms. The van der Waals surface area contributed by atoms with Crippen molar-refractivity contribution in [3.05, 3.63) is 42.5 Å². The molecule has 0 bridgehead atoms. The fraction of sp³-hybridized carbons (Fsp3) is 0. The number of hydrogen-bond donors (Lipinski definition) is 5. The van der Waals surface area contributed by atoms with Crippen LogP contribution in [0.3, 0.4) is 0 Å². The normalized spacial score (nSPS) is 12.6. The van der Waals surface area contributed by atoms with Gasteiger partial charge in [-0.2, -0.15) is 16.8 Å². The molecule has 0 unspecified atom stereocenters. The molecule has 0 atom stereocenters. The van der Waals surface area contributed by atoms with Crippen LogP contribution in [0.15, 0.2) is 62.5 Å². The maximum atomic E-state index is 11.8. The summed E-state index contributed by atoms with van der Waals surface area (Å²) in [5, 5.41) is 27.2. The molecule has 0 aliphatic rings. The third-order valence-corrected chi connectivity index (χ3v) is 5.57. The molecule has 0 spiro atoms. The standard InChI is InChI=1S/C16H13N3O8S2/c17-10-7-9(28(22,23)24)5-8-6-13(29(25,26)27)15(16(21)14(8)10)19-18-11-3-1-2-4-12(11)20/h1-7,20-21H,17H2,(H,22,23,24)(H,25,26,27)/b19-18+. The summed E-state index contributed by atoms with van der Waals surface area (Å²) in [5.41, 5.74) is 4.70. The van der Waals surface area contributed by atoms with Gasteiger partial charge >= 0.3 is 0 Å². The van der Waals surface area contributed by atoms with E-state index in [4.69, 9.17) is 5.73 Å². The van der Waals surface area contributed by atoms with Crippen LogP contribution in [0.4, 0.5) is 17.1 Å². The molecule has 0 radical (unpaired) electrons. The lowest BCUT2D eigenvalue weighted by molar-refractivity contribution is 0.471.